The van der Waals surface area contributed by atoms with Crippen LogP contribution in [0.15, 0.2) is 55.5 Å². The van der Waals surface area contributed by atoms with Crippen LogP contribution < -0.4 is 0 Å². The minimum absolute atomic E-state index is 0.0928. The van der Waals surface area contributed by atoms with Gasteiger partial charge in [-0.25, -0.2) is 4.79 Å². The van der Waals surface area contributed by atoms with E-state index < -0.39 is 17.8 Å². The van der Waals surface area contributed by atoms with Crippen molar-refractivity contribution in [2.75, 3.05) is 0 Å². The molecule has 0 saturated carbocycles. The molecular weight excluding hydrogens is 259 g/mol. The molecule has 0 bridgehead atoms. The highest BCUT2D eigenvalue weighted by Crippen LogP contribution is 2.27. The minimum atomic E-state index is -4.54. The topological polar surface area (TPSA) is 39.2 Å². The summed E-state index contributed by atoms with van der Waals surface area (Å²) >= 11 is 0. The van der Waals surface area contributed by atoms with Crippen molar-refractivity contribution < 1.29 is 22.7 Å². The standard InChI is InChI=1S/C13H10F3NO2/c1-3-5-10(4-2)19-12(18)9-6-7-11(17-8-9)13(14,15)16/h3-8H,1-2H2/b10-5+. The van der Waals surface area contributed by atoms with Crippen LogP contribution in [0, 0.1) is 0 Å². The van der Waals surface area contributed by atoms with Gasteiger partial charge in [-0.1, -0.05) is 19.2 Å². The Balaban J connectivity index is 2.87. The molecular formula is C13H10F3NO2. The molecule has 1 heterocycles. The SMILES string of the molecule is C=C/C=C(\C=C)OC(=O)c1ccc(C(F)(F)F)nc1. The molecule has 0 aliphatic rings. The Kier molecular flexibility index (Phi) is 4.63. The molecule has 3 nitrogen and oxygen atoms in total. The first-order chi connectivity index (χ1) is 8.88. The lowest BCUT2D eigenvalue weighted by molar-refractivity contribution is -0.141. The number of hydrogen-bond donors (Lipinski definition) is 0. The van der Waals surface area contributed by atoms with Gasteiger partial charge in [-0.2, -0.15) is 13.2 Å². The monoisotopic (exact) mass is 269 g/mol. The lowest BCUT2D eigenvalue weighted by atomic mass is 10.2. The van der Waals surface area contributed by atoms with Crippen LogP contribution in [0.4, 0.5) is 13.2 Å². The smallest absolute Gasteiger partial charge is 0.423 e. The molecule has 1 rings (SSSR count). The zero-order valence-corrected chi connectivity index (χ0v) is 9.78. The van der Waals surface area contributed by atoms with Gasteiger partial charge in [-0.15, -0.1) is 0 Å². The van der Waals surface area contributed by atoms with E-state index in [2.05, 4.69) is 18.1 Å². The summed E-state index contributed by atoms with van der Waals surface area (Å²) in [5, 5.41) is 0. The van der Waals surface area contributed by atoms with Crippen LogP contribution in [0.1, 0.15) is 16.1 Å². The van der Waals surface area contributed by atoms with E-state index >= 15 is 0 Å². The fourth-order valence-corrected chi connectivity index (χ4v) is 1.11. The second-order valence-electron chi connectivity index (χ2n) is 3.33. The first-order valence-electron chi connectivity index (χ1n) is 5.09. The molecule has 0 spiro atoms. The van der Waals surface area contributed by atoms with Gasteiger partial charge in [0.05, 0.1) is 5.56 Å². The fourth-order valence-electron chi connectivity index (χ4n) is 1.11. The van der Waals surface area contributed by atoms with Crippen LogP contribution in [0.2, 0.25) is 0 Å². The summed E-state index contributed by atoms with van der Waals surface area (Å²) in [4.78, 5) is 14.7. The maximum absolute atomic E-state index is 12.3. The van der Waals surface area contributed by atoms with Crippen LogP contribution >= 0.6 is 0 Å². The highest BCUT2D eigenvalue weighted by molar-refractivity contribution is 5.89. The second kappa shape index (κ2) is 5.99. The Hall–Kier alpha value is -2.37. The molecule has 0 fully saturated rings. The average molecular weight is 269 g/mol. The van der Waals surface area contributed by atoms with Crippen LogP contribution in [0.5, 0.6) is 0 Å². The highest BCUT2D eigenvalue weighted by Gasteiger charge is 2.32. The van der Waals surface area contributed by atoms with Gasteiger partial charge in [0.1, 0.15) is 11.5 Å². The summed E-state index contributed by atoms with van der Waals surface area (Å²) in [7, 11) is 0. The zero-order chi connectivity index (χ0) is 14.5. The third kappa shape index (κ3) is 4.09. The number of halogens is 3. The number of pyridine rings is 1. The minimum Gasteiger partial charge on any atom is -0.423 e. The molecule has 1 aromatic rings. The van der Waals surface area contributed by atoms with E-state index in [1.807, 2.05) is 0 Å². The number of alkyl halides is 3. The Morgan fingerprint density at radius 1 is 1.32 bits per heavy atom. The molecule has 0 unspecified atom stereocenters. The molecule has 0 aromatic carbocycles. The van der Waals surface area contributed by atoms with Crippen LogP contribution in [-0.2, 0) is 10.9 Å². The summed E-state index contributed by atoms with van der Waals surface area (Å²) < 4.78 is 41.7. The number of nitrogens with zero attached hydrogens (tertiary/aromatic N) is 1. The predicted molar refractivity (Wildman–Crippen MR) is 63.1 cm³/mol. The van der Waals surface area contributed by atoms with Crippen molar-refractivity contribution in [2.45, 2.75) is 6.18 Å². The predicted octanol–water partition coefficient (Wildman–Crippen LogP) is 3.51. The number of carbonyl (C=O) groups is 1. The molecule has 19 heavy (non-hydrogen) atoms. The van der Waals surface area contributed by atoms with Crippen molar-refractivity contribution in [3.8, 4) is 0 Å². The van der Waals surface area contributed by atoms with Crippen molar-refractivity contribution in [3.63, 3.8) is 0 Å². The molecule has 0 N–H and O–H groups in total. The van der Waals surface area contributed by atoms with Crippen molar-refractivity contribution >= 4 is 5.97 Å². The summed E-state index contributed by atoms with van der Waals surface area (Å²) in [5.41, 5.74) is -1.17. The zero-order valence-electron chi connectivity index (χ0n) is 9.78. The van der Waals surface area contributed by atoms with Crippen LogP contribution in [-0.4, -0.2) is 11.0 Å². The van der Waals surface area contributed by atoms with Crippen LogP contribution in [0.3, 0.4) is 0 Å². The number of rotatable bonds is 4. The van der Waals surface area contributed by atoms with Crippen LogP contribution in [0.25, 0.3) is 0 Å². The van der Waals surface area contributed by atoms with Gasteiger partial charge >= 0.3 is 12.1 Å². The number of allylic oxidation sites excluding steroid dienone is 3. The van der Waals surface area contributed by atoms with E-state index in [1.54, 1.807) is 0 Å². The van der Waals surface area contributed by atoms with E-state index in [0.717, 1.165) is 12.3 Å². The Labute approximate surface area is 107 Å². The number of ether oxygens (including phenoxy) is 1. The summed E-state index contributed by atoms with van der Waals surface area (Å²) in [6, 6.07) is 1.70. The number of carbonyl (C=O) groups excluding carboxylic acids is 1. The molecule has 6 heteroatoms. The van der Waals surface area contributed by atoms with Gasteiger partial charge in [0.25, 0.3) is 0 Å². The van der Waals surface area contributed by atoms with E-state index in [1.165, 1.54) is 18.2 Å². The van der Waals surface area contributed by atoms with Crippen molar-refractivity contribution in [1.82, 2.24) is 4.98 Å². The first-order valence-corrected chi connectivity index (χ1v) is 5.09. The average Bonchev–Trinajstić information content (AvgIpc) is 2.37. The summed E-state index contributed by atoms with van der Waals surface area (Å²) in [6.07, 6.45) is 0.312. The van der Waals surface area contributed by atoms with Gasteiger partial charge < -0.3 is 4.74 Å². The van der Waals surface area contributed by atoms with E-state index in [9.17, 15) is 18.0 Å². The quantitative estimate of drug-likeness (QED) is 0.477. The third-order valence-corrected chi connectivity index (χ3v) is 1.98. The number of hydrogen-bond acceptors (Lipinski definition) is 3. The molecule has 0 radical (unpaired) electrons. The second-order valence-corrected chi connectivity index (χ2v) is 3.33. The molecule has 1 aromatic heterocycles. The molecule has 0 amide bonds. The molecule has 0 saturated heterocycles. The van der Waals surface area contributed by atoms with Crippen molar-refractivity contribution in [3.05, 3.63) is 66.7 Å². The lowest BCUT2D eigenvalue weighted by Gasteiger charge is -2.07. The first kappa shape index (κ1) is 14.7. The fraction of sp³-hybridized carbons (Fsp3) is 0.0769. The molecule has 0 aliphatic carbocycles. The third-order valence-electron chi connectivity index (χ3n) is 1.98. The Bertz CT molecular complexity index is 516. The normalized spacial score (nSPS) is 11.8. The maximum Gasteiger partial charge on any atom is 0.433 e. The van der Waals surface area contributed by atoms with E-state index in [4.69, 9.17) is 4.74 Å². The molecule has 100 valence electrons. The Morgan fingerprint density at radius 2 is 2.00 bits per heavy atom. The highest BCUT2D eigenvalue weighted by atomic mass is 19.4. The number of esters is 1. The number of aromatic nitrogens is 1. The molecule has 0 atom stereocenters. The van der Waals surface area contributed by atoms with Crippen molar-refractivity contribution in [2.24, 2.45) is 0 Å². The lowest BCUT2D eigenvalue weighted by Crippen LogP contribution is -2.10. The van der Waals surface area contributed by atoms with Gasteiger partial charge in [0.15, 0.2) is 0 Å². The van der Waals surface area contributed by atoms with E-state index in [0.29, 0.717) is 6.07 Å². The van der Waals surface area contributed by atoms with Gasteiger partial charge in [0.2, 0.25) is 0 Å². The maximum atomic E-state index is 12.3. The largest absolute Gasteiger partial charge is 0.433 e. The van der Waals surface area contributed by atoms with Gasteiger partial charge in [0, 0.05) is 6.20 Å². The molecule has 0 aliphatic heterocycles. The summed E-state index contributed by atoms with van der Waals surface area (Å²) in [5.74, 6) is -0.686. The van der Waals surface area contributed by atoms with Gasteiger partial charge in [-0.05, 0) is 24.3 Å². The Morgan fingerprint density at radius 3 is 2.42 bits per heavy atom. The van der Waals surface area contributed by atoms with E-state index in [-0.39, 0.29) is 11.3 Å². The van der Waals surface area contributed by atoms with Crippen molar-refractivity contribution in [1.29, 1.82) is 0 Å². The van der Waals surface area contributed by atoms with Gasteiger partial charge in [-0.3, -0.25) is 4.98 Å². The summed E-state index contributed by atoms with van der Waals surface area (Å²) in [6.45, 7) is 6.83.